The van der Waals surface area contributed by atoms with Crippen LogP contribution in [0.1, 0.15) is 11.1 Å². The Hall–Kier alpha value is -3.52. The molecule has 3 aromatic rings. The van der Waals surface area contributed by atoms with Crippen molar-refractivity contribution in [3.05, 3.63) is 66.0 Å². The average molecular weight is 433 g/mol. The largest absolute Gasteiger partial charge is 0.454 e. The summed E-state index contributed by atoms with van der Waals surface area (Å²) in [6, 6.07) is 16.5. The van der Waals surface area contributed by atoms with Crippen molar-refractivity contribution in [2.75, 3.05) is 55.6 Å². The van der Waals surface area contributed by atoms with Crippen molar-refractivity contribution < 1.29 is 9.47 Å². The molecule has 5 rings (SSSR count). The first-order chi connectivity index (χ1) is 15.7. The van der Waals surface area contributed by atoms with Crippen LogP contribution >= 0.6 is 0 Å². The molecule has 8 heteroatoms. The maximum Gasteiger partial charge on any atom is 0.231 e. The fraction of sp³-hybridized carbons (Fsp3) is 0.333. The van der Waals surface area contributed by atoms with Crippen LogP contribution in [0, 0.1) is 0 Å². The van der Waals surface area contributed by atoms with E-state index in [9.17, 15) is 0 Å². The summed E-state index contributed by atoms with van der Waals surface area (Å²) in [7, 11) is 2.01. The van der Waals surface area contributed by atoms with Crippen LogP contribution in [0.4, 0.5) is 17.3 Å². The molecule has 0 bridgehead atoms. The zero-order valence-corrected chi connectivity index (χ0v) is 18.3. The van der Waals surface area contributed by atoms with Gasteiger partial charge in [0, 0.05) is 46.3 Å². The van der Waals surface area contributed by atoms with Gasteiger partial charge in [0.05, 0.1) is 0 Å². The first-order valence-corrected chi connectivity index (χ1v) is 10.9. The van der Waals surface area contributed by atoms with Gasteiger partial charge < -0.3 is 25.0 Å². The predicted octanol–water partition coefficient (Wildman–Crippen LogP) is 2.75. The van der Waals surface area contributed by atoms with Gasteiger partial charge in [0.1, 0.15) is 12.0 Å². The summed E-state index contributed by atoms with van der Waals surface area (Å²) in [6.45, 7) is 5.54. The molecule has 32 heavy (non-hydrogen) atoms. The Morgan fingerprint density at radius 3 is 2.53 bits per heavy atom. The third-order valence-corrected chi connectivity index (χ3v) is 5.98. The van der Waals surface area contributed by atoms with Gasteiger partial charge in [0.25, 0.3) is 0 Å². The summed E-state index contributed by atoms with van der Waals surface area (Å²) in [5.74, 6) is 3.24. The number of fused-ring (bicyclic) bond motifs is 1. The number of anilines is 3. The third-order valence-electron chi connectivity index (χ3n) is 5.98. The lowest BCUT2D eigenvalue weighted by Crippen LogP contribution is -2.46. The number of piperazine rings is 1. The number of ether oxygens (including phenoxy) is 2. The SMILES string of the molecule is CN(Cc1ccccc1)c1ncnc(N2CCN(Cc3ccc4c(c3)OCO4)CC2)c1N. The number of nitrogen functional groups attached to an aromatic ring is 1. The van der Waals surface area contributed by atoms with Crippen molar-refractivity contribution >= 4 is 17.3 Å². The van der Waals surface area contributed by atoms with Crippen LogP contribution < -0.4 is 25.0 Å². The van der Waals surface area contributed by atoms with Crippen LogP contribution in [-0.2, 0) is 13.1 Å². The molecule has 1 fully saturated rings. The second-order valence-electron chi connectivity index (χ2n) is 8.23. The maximum atomic E-state index is 6.53. The van der Waals surface area contributed by atoms with Crippen LogP contribution in [0.5, 0.6) is 11.5 Å². The Balaban J connectivity index is 1.22. The molecule has 0 unspecified atom stereocenters. The molecule has 0 spiro atoms. The number of nitrogens with two attached hydrogens (primary N) is 1. The molecule has 0 atom stereocenters. The van der Waals surface area contributed by atoms with Gasteiger partial charge in [0.2, 0.25) is 6.79 Å². The Morgan fingerprint density at radius 1 is 0.938 bits per heavy atom. The fourth-order valence-electron chi connectivity index (χ4n) is 4.28. The minimum Gasteiger partial charge on any atom is -0.454 e. The van der Waals surface area contributed by atoms with Crippen molar-refractivity contribution in [1.82, 2.24) is 14.9 Å². The van der Waals surface area contributed by atoms with E-state index in [1.165, 1.54) is 11.1 Å². The van der Waals surface area contributed by atoms with E-state index in [0.29, 0.717) is 12.5 Å². The zero-order chi connectivity index (χ0) is 21.9. The molecule has 0 aliphatic carbocycles. The second-order valence-corrected chi connectivity index (χ2v) is 8.23. The molecule has 2 aromatic carbocycles. The number of aromatic nitrogens is 2. The molecule has 0 radical (unpaired) electrons. The lowest BCUT2D eigenvalue weighted by Gasteiger charge is -2.36. The molecule has 0 saturated carbocycles. The topological polar surface area (TPSA) is 80.0 Å². The lowest BCUT2D eigenvalue weighted by atomic mass is 10.1. The normalized spacial score (nSPS) is 15.7. The maximum absolute atomic E-state index is 6.53. The summed E-state index contributed by atoms with van der Waals surface area (Å²) in [5, 5.41) is 0. The van der Waals surface area contributed by atoms with E-state index in [4.69, 9.17) is 15.2 Å². The predicted molar refractivity (Wildman–Crippen MR) is 125 cm³/mol. The highest BCUT2D eigenvalue weighted by molar-refractivity contribution is 5.75. The quantitative estimate of drug-likeness (QED) is 0.637. The van der Waals surface area contributed by atoms with E-state index >= 15 is 0 Å². The van der Waals surface area contributed by atoms with E-state index in [2.05, 4.69) is 48.9 Å². The number of hydrogen-bond donors (Lipinski definition) is 1. The number of nitrogens with zero attached hydrogens (tertiary/aromatic N) is 5. The Morgan fingerprint density at radius 2 is 1.72 bits per heavy atom. The average Bonchev–Trinajstić information content (AvgIpc) is 3.28. The summed E-state index contributed by atoms with van der Waals surface area (Å²) in [6.07, 6.45) is 1.61. The first kappa shape index (κ1) is 20.4. The molecule has 8 nitrogen and oxygen atoms in total. The molecule has 3 heterocycles. The fourth-order valence-corrected chi connectivity index (χ4v) is 4.28. The molecule has 2 aliphatic rings. The minimum atomic E-state index is 0.306. The number of rotatable bonds is 6. The molecule has 1 saturated heterocycles. The van der Waals surface area contributed by atoms with Gasteiger partial charge in [-0.15, -0.1) is 0 Å². The summed E-state index contributed by atoms with van der Waals surface area (Å²) >= 11 is 0. The van der Waals surface area contributed by atoms with Crippen molar-refractivity contribution in [1.29, 1.82) is 0 Å². The molecule has 0 amide bonds. The van der Waals surface area contributed by atoms with Crippen molar-refractivity contribution in [3.63, 3.8) is 0 Å². The molecule has 2 N–H and O–H groups in total. The Bertz CT molecular complexity index is 1070. The number of hydrogen-bond acceptors (Lipinski definition) is 8. The third kappa shape index (κ3) is 4.27. The van der Waals surface area contributed by atoms with Crippen molar-refractivity contribution in [2.45, 2.75) is 13.1 Å². The molecular weight excluding hydrogens is 404 g/mol. The van der Waals surface area contributed by atoms with Gasteiger partial charge in [0.15, 0.2) is 23.1 Å². The van der Waals surface area contributed by atoms with Gasteiger partial charge in [-0.05, 0) is 23.3 Å². The minimum absolute atomic E-state index is 0.306. The second kappa shape index (κ2) is 8.92. The summed E-state index contributed by atoms with van der Waals surface area (Å²) < 4.78 is 10.9. The molecule has 2 aliphatic heterocycles. The first-order valence-electron chi connectivity index (χ1n) is 10.9. The zero-order valence-electron chi connectivity index (χ0n) is 18.3. The highest BCUT2D eigenvalue weighted by Gasteiger charge is 2.23. The van der Waals surface area contributed by atoms with Gasteiger partial charge in [-0.25, -0.2) is 9.97 Å². The van der Waals surface area contributed by atoms with Crippen LogP contribution in [0.25, 0.3) is 0 Å². The lowest BCUT2D eigenvalue weighted by molar-refractivity contribution is 0.174. The molecule has 1 aromatic heterocycles. The van der Waals surface area contributed by atoms with E-state index in [-0.39, 0.29) is 0 Å². The van der Waals surface area contributed by atoms with Crippen LogP contribution in [0.15, 0.2) is 54.9 Å². The summed E-state index contributed by atoms with van der Waals surface area (Å²) in [4.78, 5) is 15.7. The Labute approximate surface area is 188 Å². The van der Waals surface area contributed by atoms with Crippen LogP contribution in [0.2, 0.25) is 0 Å². The Kier molecular flexibility index (Phi) is 5.68. The highest BCUT2D eigenvalue weighted by atomic mass is 16.7. The van der Waals surface area contributed by atoms with Crippen LogP contribution in [-0.4, -0.2) is 54.9 Å². The van der Waals surface area contributed by atoms with Gasteiger partial charge in [-0.1, -0.05) is 36.4 Å². The number of benzene rings is 2. The van der Waals surface area contributed by atoms with E-state index < -0.39 is 0 Å². The molecular formula is C24H28N6O2. The van der Waals surface area contributed by atoms with Crippen molar-refractivity contribution in [2.24, 2.45) is 0 Å². The van der Waals surface area contributed by atoms with Gasteiger partial charge in [-0.3, -0.25) is 4.90 Å². The monoisotopic (exact) mass is 432 g/mol. The smallest absolute Gasteiger partial charge is 0.231 e. The van der Waals surface area contributed by atoms with Gasteiger partial charge >= 0.3 is 0 Å². The summed E-state index contributed by atoms with van der Waals surface area (Å²) in [5.41, 5.74) is 9.61. The van der Waals surface area contributed by atoms with Crippen molar-refractivity contribution in [3.8, 4) is 11.5 Å². The van der Waals surface area contributed by atoms with E-state index in [1.807, 2.05) is 31.3 Å². The van der Waals surface area contributed by atoms with E-state index in [1.54, 1.807) is 6.33 Å². The standard InChI is InChI=1S/C24H28N6O2/c1-28(14-18-5-3-2-4-6-18)23-22(25)24(27-16-26-23)30-11-9-29(10-12-30)15-19-7-8-20-21(13-19)32-17-31-20/h2-8,13,16H,9-12,14-15,17,25H2,1H3. The highest BCUT2D eigenvalue weighted by Crippen LogP contribution is 2.33. The van der Waals surface area contributed by atoms with E-state index in [0.717, 1.165) is 62.4 Å². The van der Waals surface area contributed by atoms with Crippen LogP contribution in [0.3, 0.4) is 0 Å². The van der Waals surface area contributed by atoms with Gasteiger partial charge in [-0.2, -0.15) is 0 Å². The molecule has 166 valence electrons.